The van der Waals surface area contributed by atoms with Gasteiger partial charge in [-0.05, 0) is 43.0 Å². The van der Waals surface area contributed by atoms with Gasteiger partial charge in [0.1, 0.15) is 11.9 Å². The first kappa shape index (κ1) is 20.8. The summed E-state index contributed by atoms with van der Waals surface area (Å²) in [5.41, 5.74) is 0.722. The number of rotatable bonds is 8. The maximum absolute atomic E-state index is 12.6. The molecule has 1 aromatic carbocycles. The highest BCUT2D eigenvalue weighted by Crippen LogP contribution is 2.46. The second kappa shape index (κ2) is 9.05. The van der Waals surface area contributed by atoms with Crippen LogP contribution in [0.1, 0.15) is 25.3 Å². The summed E-state index contributed by atoms with van der Waals surface area (Å²) < 4.78 is 16.0. The molecule has 1 aliphatic heterocycles. The molecule has 5 atom stereocenters. The number of cyclic esters (lactones) is 1. The van der Waals surface area contributed by atoms with E-state index in [1.807, 2.05) is 0 Å². The van der Waals surface area contributed by atoms with Crippen LogP contribution < -0.4 is 0 Å². The summed E-state index contributed by atoms with van der Waals surface area (Å²) in [6.07, 6.45) is 5.42. The standard InChI is InChI=1S/C22H24O7/c1-13(28-20(25)11-8-14-6-9-15(23)10-7-14)21(26)16-12-17(16)22(27-2)18-4-3-5-19(24)29-18/h3,5-11,13,16-18,22-23H,4,12H2,1-2H3/b11-8-/t13-,16+,17+,18-,22+/m1/s1. The average molecular weight is 400 g/mol. The molecule has 1 aliphatic carbocycles. The third-order valence-corrected chi connectivity index (χ3v) is 5.15. The van der Waals surface area contributed by atoms with E-state index in [9.17, 15) is 19.5 Å². The smallest absolute Gasteiger partial charge is 0.331 e. The van der Waals surface area contributed by atoms with Crippen LogP contribution in [-0.4, -0.2) is 48.3 Å². The average Bonchev–Trinajstić information content (AvgIpc) is 3.48. The normalized spacial score (nSPS) is 25.3. The molecule has 0 radical (unpaired) electrons. The van der Waals surface area contributed by atoms with Crippen molar-refractivity contribution in [3.05, 3.63) is 48.1 Å². The van der Waals surface area contributed by atoms with Crippen LogP contribution in [0.5, 0.6) is 5.75 Å². The van der Waals surface area contributed by atoms with Gasteiger partial charge in [0.15, 0.2) is 11.9 Å². The molecule has 7 heteroatoms. The number of methoxy groups -OCH3 is 1. The minimum absolute atomic E-state index is 0.0644. The van der Waals surface area contributed by atoms with E-state index in [0.29, 0.717) is 12.8 Å². The van der Waals surface area contributed by atoms with Crippen molar-refractivity contribution in [1.82, 2.24) is 0 Å². The van der Waals surface area contributed by atoms with Gasteiger partial charge in [-0.25, -0.2) is 9.59 Å². The Morgan fingerprint density at radius 3 is 2.66 bits per heavy atom. The number of hydrogen-bond donors (Lipinski definition) is 1. The Bertz CT molecular complexity index is 824. The lowest BCUT2D eigenvalue weighted by Crippen LogP contribution is -2.37. The van der Waals surface area contributed by atoms with Crippen molar-refractivity contribution in [3.8, 4) is 5.75 Å². The van der Waals surface area contributed by atoms with E-state index in [1.54, 1.807) is 31.2 Å². The molecule has 7 nitrogen and oxygen atoms in total. The fraction of sp³-hybridized carbons (Fsp3) is 0.409. The minimum Gasteiger partial charge on any atom is -0.508 e. The van der Waals surface area contributed by atoms with Gasteiger partial charge in [0.25, 0.3) is 0 Å². The number of aromatic hydroxyl groups is 1. The van der Waals surface area contributed by atoms with Crippen molar-refractivity contribution in [2.45, 2.75) is 38.1 Å². The summed E-state index contributed by atoms with van der Waals surface area (Å²) in [5, 5.41) is 9.26. The summed E-state index contributed by atoms with van der Waals surface area (Å²) in [7, 11) is 1.54. The number of phenolic OH excluding ortho intramolecular Hbond substituents is 1. The molecule has 1 aromatic rings. The monoisotopic (exact) mass is 400 g/mol. The number of Topliss-reactive ketones (excluding diaryl/α,β-unsaturated/α-hetero) is 1. The lowest BCUT2D eigenvalue weighted by atomic mass is 10.0. The second-order valence-electron chi connectivity index (χ2n) is 7.23. The van der Waals surface area contributed by atoms with E-state index in [1.165, 1.54) is 31.4 Å². The van der Waals surface area contributed by atoms with Gasteiger partial charge >= 0.3 is 11.9 Å². The van der Waals surface area contributed by atoms with E-state index < -0.39 is 24.1 Å². The zero-order valence-electron chi connectivity index (χ0n) is 16.3. The molecular formula is C22H24O7. The molecule has 0 amide bonds. The Kier molecular flexibility index (Phi) is 6.49. The summed E-state index contributed by atoms with van der Waals surface area (Å²) >= 11 is 0. The third-order valence-electron chi connectivity index (χ3n) is 5.15. The molecule has 1 saturated carbocycles. The number of benzene rings is 1. The van der Waals surface area contributed by atoms with E-state index in [-0.39, 0.29) is 29.5 Å². The highest BCUT2D eigenvalue weighted by Gasteiger charge is 2.52. The number of esters is 2. The van der Waals surface area contributed by atoms with Gasteiger partial charge in [-0.15, -0.1) is 0 Å². The Morgan fingerprint density at radius 2 is 2.00 bits per heavy atom. The van der Waals surface area contributed by atoms with Gasteiger partial charge < -0.3 is 19.3 Å². The summed E-state index contributed by atoms with van der Waals surface area (Å²) in [5.74, 6) is -1.41. The molecular weight excluding hydrogens is 376 g/mol. The van der Waals surface area contributed by atoms with Crippen molar-refractivity contribution in [2.24, 2.45) is 11.8 Å². The molecule has 1 N–H and O–H groups in total. The minimum atomic E-state index is -0.881. The number of ketones is 1. The molecule has 29 heavy (non-hydrogen) atoms. The lowest BCUT2D eigenvalue weighted by molar-refractivity contribution is -0.154. The van der Waals surface area contributed by atoms with Crippen LogP contribution in [-0.2, 0) is 28.6 Å². The van der Waals surface area contributed by atoms with E-state index >= 15 is 0 Å². The maximum atomic E-state index is 12.6. The van der Waals surface area contributed by atoms with E-state index in [0.717, 1.165) is 5.56 Å². The summed E-state index contributed by atoms with van der Waals surface area (Å²) in [6.45, 7) is 1.55. The number of carbonyl (C=O) groups is 3. The van der Waals surface area contributed by atoms with Crippen LogP contribution in [0.25, 0.3) is 6.08 Å². The van der Waals surface area contributed by atoms with E-state index in [2.05, 4.69) is 0 Å². The van der Waals surface area contributed by atoms with Gasteiger partial charge in [0, 0.05) is 31.6 Å². The Morgan fingerprint density at radius 1 is 1.28 bits per heavy atom. The summed E-state index contributed by atoms with van der Waals surface area (Å²) in [4.78, 5) is 36.1. The first-order valence-corrected chi connectivity index (χ1v) is 9.50. The molecule has 1 fully saturated rings. The van der Waals surface area contributed by atoms with Crippen LogP contribution in [0.4, 0.5) is 0 Å². The number of phenols is 1. The number of carbonyl (C=O) groups excluding carboxylic acids is 3. The van der Waals surface area contributed by atoms with Crippen molar-refractivity contribution >= 4 is 23.8 Å². The fourth-order valence-electron chi connectivity index (χ4n) is 3.57. The lowest BCUT2D eigenvalue weighted by Gasteiger charge is -2.27. The first-order chi connectivity index (χ1) is 13.9. The molecule has 0 spiro atoms. The zero-order valence-corrected chi connectivity index (χ0v) is 16.3. The van der Waals surface area contributed by atoms with Crippen LogP contribution in [0, 0.1) is 11.8 Å². The van der Waals surface area contributed by atoms with E-state index in [4.69, 9.17) is 14.2 Å². The highest BCUT2D eigenvalue weighted by molar-refractivity contribution is 5.93. The predicted octanol–water partition coefficient (Wildman–Crippen LogP) is 2.43. The molecule has 0 bridgehead atoms. The molecule has 3 rings (SSSR count). The molecule has 154 valence electrons. The molecule has 0 saturated heterocycles. The molecule has 2 aliphatic rings. The van der Waals surface area contributed by atoms with Crippen LogP contribution in [0.2, 0.25) is 0 Å². The van der Waals surface area contributed by atoms with Crippen molar-refractivity contribution in [3.63, 3.8) is 0 Å². The van der Waals surface area contributed by atoms with Crippen molar-refractivity contribution < 1.29 is 33.7 Å². The van der Waals surface area contributed by atoms with Crippen molar-refractivity contribution in [2.75, 3.05) is 7.11 Å². The van der Waals surface area contributed by atoms with Gasteiger partial charge in [-0.3, -0.25) is 4.79 Å². The Labute approximate surface area is 168 Å². The Hall–Kier alpha value is -2.93. The van der Waals surface area contributed by atoms with Gasteiger partial charge in [0.05, 0.1) is 6.10 Å². The predicted molar refractivity (Wildman–Crippen MR) is 104 cm³/mol. The zero-order chi connectivity index (χ0) is 21.0. The first-order valence-electron chi connectivity index (χ1n) is 9.50. The fourth-order valence-corrected chi connectivity index (χ4v) is 3.57. The van der Waals surface area contributed by atoms with Gasteiger partial charge in [0.2, 0.25) is 0 Å². The molecule has 0 unspecified atom stereocenters. The van der Waals surface area contributed by atoms with Gasteiger partial charge in [-0.1, -0.05) is 18.2 Å². The SMILES string of the molecule is CO[C@@H]([C@H]1C[C@@H]1C(=O)[C@@H](C)OC(=O)/C=C\c1ccc(O)cc1)[C@H]1CC=CC(=O)O1. The largest absolute Gasteiger partial charge is 0.508 e. The third kappa shape index (κ3) is 5.32. The van der Waals surface area contributed by atoms with Crippen LogP contribution >= 0.6 is 0 Å². The maximum Gasteiger partial charge on any atom is 0.331 e. The highest BCUT2D eigenvalue weighted by atomic mass is 16.6. The van der Waals surface area contributed by atoms with Gasteiger partial charge in [-0.2, -0.15) is 0 Å². The van der Waals surface area contributed by atoms with Crippen molar-refractivity contribution in [1.29, 1.82) is 0 Å². The summed E-state index contributed by atoms with van der Waals surface area (Å²) in [6, 6.07) is 6.33. The number of hydrogen-bond acceptors (Lipinski definition) is 7. The molecule has 0 aromatic heterocycles. The quantitative estimate of drug-likeness (QED) is 0.528. The topological polar surface area (TPSA) is 99.1 Å². The molecule has 1 heterocycles. The second-order valence-corrected chi connectivity index (χ2v) is 7.23. The number of ether oxygens (including phenoxy) is 3. The Balaban J connectivity index is 1.51. The van der Waals surface area contributed by atoms with Crippen LogP contribution in [0.3, 0.4) is 0 Å². The van der Waals surface area contributed by atoms with Crippen LogP contribution in [0.15, 0.2) is 42.5 Å².